The fraction of sp³-hybridized carbons (Fsp3) is 0.538. The Morgan fingerprint density at radius 1 is 1.47 bits per heavy atom. The summed E-state index contributed by atoms with van der Waals surface area (Å²) in [5.74, 6) is 0.968. The highest BCUT2D eigenvalue weighted by Crippen LogP contribution is 2.25. The van der Waals surface area contributed by atoms with Crippen LogP contribution in [0.25, 0.3) is 0 Å². The largest absolute Gasteiger partial charge is 0.347 e. The molecule has 2 N–H and O–H groups in total. The van der Waals surface area contributed by atoms with Crippen molar-refractivity contribution < 1.29 is 0 Å². The first-order valence-electron chi connectivity index (χ1n) is 6.61. The lowest BCUT2D eigenvalue weighted by molar-refractivity contribution is 0.498. The third kappa shape index (κ3) is 3.06. The van der Waals surface area contributed by atoms with Gasteiger partial charge in [-0.05, 0) is 36.3 Å². The molecule has 0 aliphatic heterocycles. The van der Waals surface area contributed by atoms with Gasteiger partial charge < -0.3 is 10.3 Å². The Bertz CT molecular complexity index is 517. The van der Waals surface area contributed by atoms with Crippen molar-refractivity contribution in [2.45, 2.75) is 39.8 Å². The Labute approximate surface area is 121 Å². The van der Waals surface area contributed by atoms with E-state index in [1.807, 2.05) is 17.8 Å². The summed E-state index contributed by atoms with van der Waals surface area (Å²) in [6.07, 6.45) is 4.50. The summed E-state index contributed by atoms with van der Waals surface area (Å²) in [6.45, 7) is 8.01. The van der Waals surface area contributed by atoms with E-state index in [1.54, 1.807) is 6.20 Å². The number of hydrogen-bond acceptors (Lipinski definition) is 3. The molecule has 0 aromatic carbocycles. The third-order valence-corrected chi connectivity index (χ3v) is 4.18. The monoisotopic (exact) mass is 325 g/mol. The number of aromatic nitrogens is 4. The zero-order valence-corrected chi connectivity index (χ0v) is 13.2. The summed E-state index contributed by atoms with van der Waals surface area (Å²) in [4.78, 5) is 7.55. The number of hydrogen-bond donors (Lipinski definition) is 2. The van der Waals surface area contributed by atoms with Crippen LogP contribution < -0.4 is 5.32 Å². The molecule has 0 saturated carbocycles. The summed E-state index contributed by atoms with van der Waals surface area (Å²) < 4.78 is 3.15. The molecule has 2 aromatic rings. The zero-order chi connectivity index (χ0) is 13.8. The van der Waals surface area contributed by atoms with E-state index in [9.17, 15) is 0 Å². The molecule has 1 atom stereocenters. The Kier molecular flexibility index (Phi) is 4.76. The topological polar surface area (TPSA) is 58.5 Å². The van der Waals surface area contributed by atoms with Crippen molar-refractivity contribution >= 4 is 15.9 Å². The molecule has 2 aromatic heterocycles. The molecule has 1 unspecified atom stereocenters. The molecule has 0 radical (unpaired) electrons. The second-order valence-corrected chi connectivity index (χ2v) is 5.24. The van der Waals surface area contributed by atoms with Crippen LogP contribution >= 0.6 is 15.9 Å². The number of imidazole rings is 1. The SMILES string of the molecule is CCNC(Cc1c(Br)c(C)nn1CC)c1ncc[nH]1. The number of aromatic amines is 1. The molecule has 0 bridgehead atoms. The average molecular weight is 326 g/mol. The van der Waals surface area contributed by atoms with Crippen LogP contribution in [0.1, 0.15) is 37.1 Å². The molecule has 0 aliphatic carbocycles. The van der Waals surface area contributed by atoms with Crippen LogP contribution in [0, 0.1) is 6.92 Å². The van der Waals surface area contributed by atoms with Crippen molar-refractivity contribution in [2.75, 3.05) is 6.54 Å². The van der Waals surface area contributed by atoms with Gasteiger partial charge in [0.25, 0.3) is 0 Å². The summed E-state index contributed by atoms with van der Waals surface area (Å²) in [6, 6.07) is 0.178. The number of aryl methyl sites for hydroxylation is 2. The van der Waals surface area contributed by atoms with E-state index < -0.39 is 0 Å². The van der Waals surface area contributed by atoms with Crippen LogP contribution in [0.15, 0.2) is 16.9 Å². The van der Waals surface area contributed by atoms with Gasteiger partial charge in [-0.1, -0.05) is 6.92 Å². The van der Waals surface area contributed by atoms with E-state index in [2.05, 4.69) is 50.2 Å². The van der Waals surface area contributed by atoms with E-state index in [1.165, 1.54) is 5.69 Å². The highest BCUT2D eigenvalue weighted by molar-refractivity contribution is 9.10. The van der Waals surface area contributed by atoms with Gasteiger partial charge in [0.1, 0.15) is 5.82 Å². The number of nitrogens with zero attached hydrogens (tertiary/aromatic N) is 3. The fourth-order valence-electron chi connectivity index (χ4n) is 2.24. The van der Waals surface area contributed by atoms with Gasteiger partial charge >= 0.3 is 0 Å². The lowest BCUT2D eigenvalue weighted by Crippen LogP contribution is -2.25. The smallest absolute Gasteiger partial charge is 0.123 e. The minimum atomic E-state index is 0.178. The predicted molar refractivity (Wildman–Crippen MR) is 79.0 cm³/mol. The van der Waals surface area contributed by atoms with Crippen molar-refractivity contribution in [3.05, 3.63) is 34.1 Å². The third-order valence-electron chi connectivity index (χ3n) is 3.15. The van der Waals surface area contributed by atoms with Crippen LogP contribution in [0.3, 0.4) is 0 Å². The lowest BCUT2D eigenvalue weighted by Gasteiger charge is -2.16. The molecule has 2 rings (SSSR count). The zero-order valence-electron chi connectivity index (χ0n) is 11.6. The molecule has 0 amide bonds. The second-order valence-electron chi connectivity index (χ2n) is 4.45. The van der Waals surface area contributed by atoms with Gasteiger partial charge in [-0.2, -0.15) is 5.10 Å². The number of likely N-dealkylation sites (N-methyl/N-ethyl adjacent to an activating group) is 1. The molecule has 19 heavy (non-hydrogen) atoms. The molecular weight excluding hydrogens is 306 g/mol. The molecule has 104 valence electrons. The lowest BCUT2D eigenvalue weighted by atomic mass is 10.1. The van der Waals surface area contributed by atoms with E-state index in [-0.39, 0.29) is 6.04 Å². The van der Waals surface area contributed by atoms with Crippen LogP contribution in [-0.4, -0.2) is 26.3 Å². The standard InChI is InChI=1S/C13H20BrN5/c1-4-15-10(13-16-6-7-17-13)8-11-12(14)9(3)18-19(11)5-2/h6-7,10,15H,4-5,8H2,1-3H3,(H,16,17). The summed E-state index contributed by atoms with van der Waals surface area (Å²) in [7, 11) is 0. The second kappa shape index (κ2) is 6.34. The molecular formula is C13H20BrN5. The van der Waals surface area contributed by atoms with Crippen LogP contribution in [0.4, 0.5) is 0 Å². The first-order valence-corrected chi connectivity index (χ1v) is 7.41. The van der Waals surface area contributed by atoms with Gasteiger partial charge in [0, 0.05) is 25.4 Å². The highest BCUT2D eigenvalue weighted by atomic mass is 79.9. The van der Waals surface area contributed by atoms with Crippen molar-refractivity contribution in [1.29, 1.82) is 0 Å². The van der Waals surface area contributed by atoms with Crippen LogP contribution in [0.2, 0.25) is 0 Å². The molecule has 0 aliphatic rings. The summed E-state index contributed by atoms with van der Waals surface area (Å²) in [5.41, 5.74) is 2.24. The Morgan fingerprint density at radius 3 is 2.84 bits per heavy atom. The number of rotatable bonds is 6. The Morgan fingerprint density at radius 2 is 2.26 bits per heavy atom. The quantitative estimate of drug-likeness (QED) is 0.858. The Hall–Kier alpha value is -1.14. The van der Waals surface area contributed by atoms with Gasteiger partial charge in [-0.15, -0.1) is 0 Å². The van der Waals surface area contributed by atoms with Gasteiger partial charge in [0.15, 0.2) is 0 Å². The minimum absolute atomic E-state index is 0.178. The molecule has 5 nitrogen and oxygen atoms in total. The molecule has 0 spiro atoms. The summed E-state index contributed by atoms with van der Waals surface area (Å²) >= 11 is 3.64. The maximum atomic E-state index is 4.53. The van der Waals surface area contributed by atoms with Gasteiger partial charge in [-0.25, -0.2) is 4.98 Å². The normalized spacial score (nSPS) is 12.8. The predicted octanol–water partition coefficient (Wildman–Crippen LogP) is 2.59. The first kappa shape index (κ1) is 14.3. The van der Waals surface area contributed by atoms with Crippen LogP contribution in [-0.2, 0) is 13.0 Å². The highest BCUT2D eigenvalue weighted by Gasteiger charge is 2.19. The summed E-state index contributed by atoms with van der Waals surface area (Å²) in [5, 5.41) is 8.00. The Balaban J connectivity index is 2.27. The van der Waals surface area contributed by atoms with Gasteiger partial charge in [-0.3, -0.25) is 4.68 Å². The van der Waals surface area contributed by atoms with E-state index in [4.69, 9.17) is 0 Å². The molecule has 2 heterocycles. The molecule has 0 saturated heterocycles. The van der Waals surface area contributed by atoms with Crippen molar-refractivity contribution in [3.8, 4) is 0 Å². The van der Waals surface area contributed by atoms with Gasteiger partial charge in [0.2, 0.25) is 0 Å². The maximum Gasteiger partial charge on any atom is 0.123 e. The fourth-order valence-corrected chi connectivity index (χ4v) is 2.68. The number of H-pyrrole nitrogens is 1. The molecule has 6 heteroatoms. The van der Waals surface area contributed by atoms with Crippen molar-refractivity contribution in [2.24, 2.45) is 0 Å². The number of halogens is 1. The van der Waals surface area contributed by atoms with E-state index in [0.29, 0.717) is 0 Å². The van der Waals surface area contributed by atoms with E-state index >= 15 is 0 Å². The maximum absolute atomic E-state index is 4.53. The van der Waals surface area contributed by atoms with Crippen molar-refractivity contribution in [3.63, 3.8) is 0 Å². The van der Waals surface area contributed by atoms with Crippen LogP contribution in [0.5, 0.6) is 0 Å². The van der Waals surface area contributed by atoms with Crippen molar-refractivity contribution in [1.82, 2.24) is 25.1 Å². The average Bonchev–Trinajstić information content (AvgIpc) is 3.01. The van der Waals surface area contributed by atoms with Gasteiger partial charge in [0.05, 0.1) is 21.9 Å². The minimum Gasteiger partial charge on any atom is -0.347 e. The number of nitrogens with one attached hydrogen (secondary N) is 2. The molecule has 0 fully saturated rings. The first-order chi connectivity index (χ1) is 9.17. The van der Waals surface area contributed by atoms with E-state index in [0.717, 1.165) is 35.5 Å².